The molecule has 1 aromatic rings. The van der Waals surface area contributed by atoms with Crippen molar-refractivity contribution in [2.45, 2.75) is 13.0 Å². The Morgan fingerprint density at radius 1 is 1.04 bits per heavy atom. The van der Waals surface area contributed by atoms with E-state index < -0.39 is 0 Å². The Kier molecular flexibility index (Phi) is 4.80. The molecule has 3 rings (SSSR count). The molecule has 2 fully saturated rings. The van der Waals surface area contributed by atoms with Crippen LogP contribution in [0.25, 0.3) is 0 Å². The predicted molar refractivity (Wildman–Crippen MR) is 90.0 cm³/mol. The second-order valence-corrected chi connectivity index (χ2v) is 6.87. The summed E-state index contributed by atoms with van der Waals surface area (Å²) >= 11 is 12.0. The van der Waals surface area contributed by atoms with Gasteiger partial charge < -0.3 is 9.80 Å². The van der Waals surface area contributed by atoms with Gasteiger partial charge in [0.25, 0.3) is 5.91 Å². The second kappa shape index (κ2) is 6.67. The lowest BCUT2D eigenvalue weighted by molar-refractivity contribution is -0.131. The van der Waals surface area contributed by atoms with Crippen LogP contribution >= 0.6 is 23.2 Å². The van der Waals surface area contributed by atoms with Gasteiger partial charge in [0, 0.05) is 57.3 Å². The van der Waals surface area contributed by atoms with E-state index in [4.69, 9.17) is 23.2 Å². The van der Waals surface area contributed by atoms with Crippen LogP contribution in [0.5, 0.6) is 0 Å². The summed E-state index contributed by atoms with van der Waals surface area (Å²) < 4.78 is 0. The van der Waals surface area contributed by atoms with Gasteiger partial charge in [-0.25, -0.2) is 0 Å². The summed E-state index contributed by atoms with van der Waals surface area (Å²) in [6.45, 7) is 6.26. The van der Waals surface area contributed by atoms with Crippen LogP contribution in [0.4, 0.5) is 0 Å². The molecular weight excluding hydrogens is 337 g/mol. The van der Waals surface area contributed by atoms with E-state index in [2.05, 4.69) is 4.90 Å². The summed E-state index contributed by atoms with van der Waals surface area (Å²) in [5.74, 6) is 0.0572. The van der Waals surface area contributed by atoms with Gasteiger partial charge in [-0.2, -0.15) is 0 Å². The van der Waals surface area contributed by atoms with Crippen molar-refractivity contribution in [3.05, 3.63) is 33.8 Å². The Hall–Kier alpha value is -1.30. The van der Waals surface area contributed by atoms with Crippen LogP contribution in [-0.4, -0.2) is 71.8 Å². The predicted octanol–water partition coefficient (Wildman–Crippen LogP) is 1.98. The summed E-state index contributed by atoms with van der Waals surface area (Å²) in [6.07, 6.45) is 0. The van der Waals surface area contributed by atoms with Gasteiger partial charge in [0.1, 0.15) is 0 Å². The molecule has 124 valence electrons. The van der Waals surface area contributed by atoms with Gasteiger partial charge in [-0.15, -0.1) is 0 Å². The number of hydrogen-bond donors (Lipinski definition) is 0. The standard InChI is InChI=1S/C16H19Cl2N3O2/c1-11(22)19-4-6-20(7-5-19)13-9-21(10-13)16(23)14-8-12(17)2-3-15(14)18/h2-3,8,13H,4-7,9-10H2,1H3. The largest absolute Gasteiger partial charge is 0.340 e. The van der Waals surface area contributed by atoms with Crippen molar-refractivity contribution in [1.29, 1.82) is 0 Å². The van der Waals surface area contributed by atoms with Crippen LogP contribution < -0.4 is 0 Å². The number of carbonyl (C=O) groups excluding carboxylic acids is 2. The molecule has 1 aromatic carbocycles. The molecule has 0 N–H and O–H groups in total. The Balaban J connectivity index is 1.54. The minimum absolute atomic E-state index is 0.0730. The molecule has 2 aliphatic rings. The maximum absolute atomic E-state index is 12.5. The molecule has 0 aromatic heterocycles. The third kappa shape index (κ3) is 3.47. The molecule has 0 unspecified atom stereocenters. The fraction of sp³-hybridized carbons (Fsp3) is 0.500. The molecule has 2 heterocycles. The molecule has 23 heavy (non-hydrogen) atoms. The zero-order chi connectivity index (χ0) is 16.6. The first-order chi connectivity index (χ1) is 11.0. The number of likely N-dealkylation sites (tertiary alicyclic amines) is 1. The summed E-state index contributed by atoms with van der Waals surface area (Å²) in [5.41, 5.74) is 0.457. The first kappa shape index (κ1) is 16.6. The number of hydrogen-bond acceptors (Lipinski definition) is 3. The molecule has 0 aliphatic carbocycles. The van der Waals surface area contributed by atoms with Crippen molar-refractivity contribution in [3.63, 3.8) is 0 Å². The first-order valence-electron chi connectivity index (χ1n) is 7.69. The van der Waals surface area contributed by atoms with E-state index in [0.717, 1.165) is 26.2 Å². The van der Waals surface area contributed by atoms with Crippen LogP contribution in [0.15, 0.2) is 18.2 Å². The van der Waals surface area contributed by atoms with Crippen molar-refractivity contribution >= 4 is 35.0 Å². The number of rotatable bonds is 2. The van der Waals surface area contributed by atoms with Crippen molar-refractivity contribution in [2.24, 2.45) is 0 Å². The number of piperazine rings is 1. The molecule has 5 nitrogen and oxygen atoms in total. The van der Waals surface area contributed by atoms with Crippen LogP contribution in [0.2, 0.25) is 10.0 Å². The summed E-state index contributed by atoms with van der Waals surface area (Å²) in [7, 11) is 0. The smallest absolute Gasteiger partial charge is 0.255 e. The highest BCUT2D eigenvalue weighted by Gasteiger charge is 2.37. The third-order valence-corrected chi connectivity index (χ3v) is 5.15. The zero-order valence-corrected chi connectivity index (χ0v) is 14.5. The molecule has 0 saturated carbocycles. The van der Waals surface area contributed by atoms with Gasteiger partial charge >= 0.3 is 0 Å². The maximum Gasteiger partial charge on any atom is 0.255 e. The van der Waals surface area contributed by atoms with Crippen LogP contribution in [0.1, 0.15) is 17.3 Å². The van der Waals surface area contributed by atoms with Crippen molar-refractivity contribution < 1.29 is 9.59 Å². The third-order valence-electron chi connectivity index (χ3n) is 4.58. The van der Waals surface area contributed by atoms with E-state index in [1.54, 1.807) is 30.0 Å². The Morgan fingerprint density at radius 3 is 2.30 bits per heavy atom. The monoisotopic (exact) mass is 355 g/mol. The highest BCUT2D eigenvalue weighted by Crippen LogP contribution is 2.25. The first-order valence-corrected chi connectivity index (χ1v) is 8.45. The molecule has 7 heteroatoms. The molecular formula is C16H19Cl2N3O2. The molecule has 0 radical (unpaired) electrons. The highest BCUT2D eigenvalue weighted by atomic mass is 35.5. The molecule has 0 atom stereocenters. The average Bonchev–Trinajstić information content (AvgIpc) is 2.48. The van der Waals surface area contributed by atoms with Gasteiger partial charge in [-0.3, -0.25) is 14.5 Å². The molecule has 2 saturated heterocycles. The highest BCUT2D eigenvalue weighted by molar-refractivity contribution is 6.35. The lowest BCUT2D eigenvalue weighted by atomic mass is 10.0. The SMILES string of the molecule is CC(=O)N1CCN(C2CN(C(=O)c3cc(Cl)ccc3Cl)C2)CC1. The average molecular weight is 356 g/mol. The lowest BCUT2D eigenvalue weighted by Crippen LogP contribution is -2.64. The second-order valence-electron chi connectivity index (χ2n) is 6.03. The van der Waals surface area contributed by atoms with Crippen molar-refractivity contribution in [1.82, 2.24) is 14.7 Å². The molecule has 0 bridgehead atoms. The van der Waals surface area contributed by atoms with E-state index >= 15 is 0 Å². The van der Waals surface area contributed by atoms with E-state index in [9.17, 15) is 9.59 Å². The van der Waals surface area contributed by atoms with E-state index in [0.29, 0.717) is 34.7 Å². The normalized spacial score (nSPS) is 19.6. The number of halogens is 2. The van der Waals surface area contributed by atoms with Gasteiger partial charge in [0.15, 0.2) is 0 Å². The van der Waals surface area contributed by atoms with E-state index in [1.807, 2.05) is 4.90 Å². The van der Waals surface area contributed by atoms with Crippen LogP contribution in [-0.2, 0) is 4.79 Å². The van der Waals surface area contributed by atoms with Crippen LogP contribution in [0, 0.1) is 0 Å². The minimum Gasteiger partial charge on any atom is -0.340 e. The Bertz CT molecular complexity index is 624. The fourth-order valence-corrected chi connectivity index (χ4v) is 3.46. The minimum atomic E-state index is -0.0730. The summed E-state index contributed by atoms with van der Waals surface area (Å²) in [5, 5.41) is 0.938. The zero-order valence-electron chi connectivity index (χ0n) is 13.0. The number of nitrogens with zero attached hydrogens (tertiary/aromatic N) is 3. The van der Waals surface area contributed by atoms with Gasteiger partial charge in [-0.1, -0.05) is 23.2 Å². The Morgan fingerprint density at radius 2 is 1.70 bits per heavy atom. The molecule has 2 amide bonds. The molecule has 2 aliphatic heterocycles. The van der Waals surface area contributed by atoms with E-state index in [-0.39, 0.29) is 11.8 Å². The summed E-state index contributed by atoms with van der Waals surface area (Å²) in [4.78, 5) is 29.8. The van der Waals surface area contributed by atoms with Gasteiger partial charge in [0.05, 0.1) is 10.6 Å². The van der Waals surface area contributed by atoms with Crippen molar-refractivity contribution in [3.8, 4) is 0 Å². The van der Waals surface area contributed by atoms with Gasteiger partial charge in [0.2, 0.25) is 5.91 Å². The van der Waals surface area contributed by atoms with E-state index in [1.165, 1.54) is 0 Å². The fourth-order valence-electron chi connectivity index (χ4n) is 3.09. The quantitative estimate of drug-likeness (QED) is 0.814. The summed E-state index contributed by atoms with van der Waals surface area (Å²) in [6, 6.07) is 5.31. The van der Waals surface area contributed by atoms with Crippen molar-refractivity contribution in [2.75, 3.05) is 39.3 Å². The topological polar surface area (TPSA) is 43.9 Å². The molecule has 0 spiro atoms. The Labute approximate surface area is 145 Å². The van der Waals surface area contributed by atoms with Gasteiger partial charge in [-0.05, 0) is 18.2 Å². The number of carbonyl (C=O) groups is 2. The maximum atomic E-state index is 12.5. The van der Waals surface area contributed by atoms with Crippen LogP contribution in [0.3, 0.4) is 0 Å². The number of benzene rings is 1. The number of amides is 2. The lowest BCUT2D eigenvalue weighted by Gasteiger charge is -2.48.